The summed E-state index contributed by atoms with van der Waals surface area (Å²) in [6, 6.07) is 0. The highest BCUT2D eigenvalue weighted by atomic mass is 32.1. The molecule has 1 rings (SSSR count). The van der Waals surface area contributed by atoms with Crippen molar-refractivity contribution in [3.63, 3.8) is 0 Å². The molecule has 0 saturated carbocycles. The standard InChI is InChI=1S/C13H22N2S2/c1-9(2)7-5-6-8-14-10-11(15(3)4)13(17)12(10)16/h9,14H,5-8H2,1-4H3. The van der Waals surface area contributed by atoms with Gasteiger partial charge in [0.2, 0.25) is 0 Å². The van der Waals surface area contributed by atoms with E-state index in [-0.39, 0.29) is 0 Å². The van der Waals surface area contributed by atoms with Gasteiger partial charge >= 0.3 is 0 Å². The van der Waals surface area contributed by atoms with E-state index in [1.165, 1.54) is 19.3 Å². The van der Waals surface area contributed by atoms with Crippen molar-refractivity contribution in [3.8, 4) is 0 Å². The Morgan fingerprint density at radius 1 is 1.12 bits per heavy atom. The Balaban J connectivity index is 2.40. The first-order valence-electron chi connectivity index (χ1n) is 6.19. The highest BCUT2D eigenvalue weighted by Crippen LogP contribution is 2.34. The molecule has 0 unspecified atom stereocenters. The van der Waals surface area contributed by atoms with Crippen molar-refractivity contribution < 1.29 is 0 Å². The Morgan fingerprint density at radius 3 is 2.29 bits per heavy atom. The van der Waals surface area contributed by atoms with E-state index in [1.807, 2.05) is 19.0 Å². The van der Waals surface area contributed by atoms with Crippen molar-refractivity contribution in [2.75, 3.05) is 30.9 Å². The summed E-state index contributed by atoms with van der Waals surface area (Å²) in [6.07, 6.45) is 3.76. The molecule has 4 heteroatoms. The second-order valence-electron chi connectivity index (χ2n) is 5.09. The molecule has 0 spiro atoms. The van der Waals surface area contributed by atoms with Crippen LogP contribution in [-0.2, 0) is 0 Å². The summed E-state index contributed by atoms with van der Waals surface area (Å²) in [7, 11) is 4.01. The summed E-state index contributed by atoms with van der Waals surface area (Å²) in [6.45, 7) is 5.52. The second kappa shape index (κ2) is 6.45. The molecule has 1 aromatic rings. The number of hydrogen-bond acceptors (Lipinski definition) is 4. The smallest absolute Gasteiger partial charge is 0.0834 e. The minimum absolute atomic E-state index is 0.795. The molecule has 96 valence electrons. The summed E-state index contributed by atoms with van der Waals surface area (Å²) < 4.78 is 1.65. The van der Waals surface area contributed by atoms with E-state index >= 15 is 0 Å². The van der Waals surface area contributed by atoms with E-state index in [1.54, 1.807) is 0 Å². The summed E-state index contributed by atoms with van der Waals surface area (Å²) in [5.74, 6) is 0.795. The Kier molecular flexibility index (Phi) is 5.53. The molecule has 0 aromatic heterocycles. The van der Waals surface area contributed by atoms with Crippen molar-refractivity contribution >= 4 is 35.8 Å². The van der Waals surface area contributed by atoms with E-state index in [0.717, 1.165) is 32.9 Å². The topological polar surface area (TPSA) is 15.3 Å². The van der Waals surface area contributed by atoms with Crippen LogP contribution < -0.4 is 10.2 Å². The molecule has 0 heterocycles. The summed E-state index contributed by atoms with van der Waals surface area (Å²) >= 11 is 10.5. The molecule has 0 aliphatic carbocycles. The van der Waals surface area contributed by atoms with Gasteiger partial charge < -0.3 is 10.2 Å². The normalized spacial score (nSPS) is 11.1. The molecule has 0 amide bonds. The van der Waals surface area contributed by atoms with Crippen molar-refractivity contribution in [1.29, 1.82) is 0 Å². The van der Waals surface area contributed by atoms with Crippen molar-refractivity contribution in [3.05, 3.63) is 9.02 Å². The van der Waals surface area contributed by atoms with Crippen LogP contribution in [0, 0.1) is 14.9 Å². The fourth-order valence-corrected chi connectivity index (χ4v) is 2.51. The third-order valence-electron chi connectivity index (χ3n) is 2.84. The monoisotopic (exact) mass is 270 g/mol. The maximum atomic E-state index is 5.26. The fourth-order valence-electron chi connectivity index (χ4n) is 1.86. The van der Waals surface area contributed by atoms with Gasteiger partial charge in [0.15, 0.2) is 0 Å². The number of unbranched alkanes of at least 4 members (excludes halogenated alkanes) is 1. The van der Waals surface area contributed by atoms with Crippen LogP contribution in [0.25, 0.3) is 0 Å². The first-order valence-corrected chi connectivity index (χ1v) is 7.01. The van der Waals surface area contributed by atoms with E-state index in [4.69, 9.17) is 24.4 Å². The molecule has 0 radical (unpaired) electrons. The lowest BCUT2D eigenvalue weighted by Crippen LogP contribution is -2.16. The van der Waals surface area contributed by atoms with Gasteiger partial charge in [-0.25, -0.2) is 0 Å². The van der Waals surface area contributed by atoms with Crippen molar-refractivity contribution in [1.82, 2.24) is 0 Å². The minimum atomic E-state index is 0.795. The van der Waals surface area contributed by atoms with Crippen molar-refractivity contribution in [2.45, 2.75) is 33.1 Å². The molecule has 0 fully saturated rings. The quantitative estimate of drug-likeness (QED) is 0.586. The fraction of sp³-hybridized carbons (Fsp3) is 0.692. The van der Waals surface area contributed by atoms with Gasteiger partial charge in [0.1, 0.15) is 0 Å². The van der Waals surface area contributed by atoms with Gasteiger partial charge in [0.25, 0.3) is 0 Å². The number of rotatable bonds is 7. The van der Waals surface area contributed by atoms with Crippen LogP contribution >= 0.6 is 24.4 Å². The average Bonchev–Trinajstić information content (AvgIpc) is 2.25. The average molecular weight is 270 g/mol. The first-order chi connectivity index (χ1) is 7.95. The zero-order valence-corrected chi connectivity index (χ0v) is 12.8. The molecule has 0 bridgehead atoms. The zero-order chi connectivity index (χ0) is 13.0. The molecule has 17 heavy (non-hydrogen) atoms. The molecule has 0 atom stereocenters. The minimum Gasteiger partial charge on any atom is -0.382 e. The highest BCUT2D eigenvalue weighted by molar-refractivity contribution is 7.74. The number of anilines is 2. The Morgan fingerprint density at radius 2 is 1.76 bits per heavy atom. The maximum absolute atomic E-state index is 5.26. The lowest BCUT2D eigenvalue weighted by Gasteiger charge is -2.22. The Hall–Kier alpha value is -0.480. The van der Waals surface area contributed by atoms with E-state index in [2.05, 4.69) is 19.2 Å². The van der Waals surface area contributed by atoms with Crippen LogP contribution in [0.2, 0.25) is 0 Å². The summed E-state index contributed by atoms with van der Waals surface area (Å²) in [5, 5.41) is 3.41. The lowest BCUT2D eigenvalue weighted by atomic mass is 10.1. The van der Waals surface area contributed by atoms with Gasteiger partial charge in [-0.05, 0) is 12.3 Å². The Bertz CT molecular complexity index is 429. The summed E-state index contributed by atoms with van der Waals surface area (Å²) in [4.78, 5) is 2.04. The number of nitrogens with one attached hydrogen (secondary N) is 1. The predicted octanol–water partition coefficient (Wildman–Crippen LogP) is 4.33. The second-order valence-corrected chi connectivity index (χ2v) is 5.91. The van der Waals surface area contributed by atoms with Gasteiger partial charge in [0, 0.05) is 20.6 Å². The van der Waals surface area contributed by atoms with E-state index in [0.29, 0.717) is 0 Å². The van der Waals surface area contributed by atoms with E-state index < -0.39 is 0 Å². The summed E-state index contributed by atoms with van der Waals surface area (Å²) in [5.41, 5.74) is 2.16. The third kappa shape index (κ3) is 3.75. The van der Waals surface area contributed by atoms with Gasteiger partial charge in [-0.15, -0.1) is 0 Å². The van der Waals surface area contributed by atoms with Crippen LogP contribution in [0.4, 0.5) is 11.4 Å². The van der Waals surface area contributed by atoms with Crippen LogP contribution in [0.15, 0.2) is 0 Å². The van der Waals surface area contributed by atoms with Gasteiger partial charge in [0.05, 0.1) is 20.4 Å². The maximum Gasteiger partial charge on any atom is 0.0834 e. The zero-order valence-electron chi connectivity index (χ0n) is 11.2. The van der Waals surface area contributed by atoms with Gasteiger partial charge in [-0.3, -0.25) is 0 Å². The van der Waals surface area contributed by atoms with E-state index in [9.17, 15) is 0 Å². The molecule has 0 aliphatic rings. The molecule has 2 nitrogen and oxygen atoms in total. The molecule has 1 aromatic carbocycles. The third-order valence-corrected chi connectivity index (χ3v) is 3.78. The highest BCUT2D eigenvalue weighted by Gasteiger charge is 2.15. The van der Waals surface area contributed by atoms with Gasteiger partial charge in [-0.1, -0.05) is 51.1 Å². The molecule has 1 N–H and O–H groups in total. The molecule has 0 saturated heterocycles. The SMILES string of the molecule is CC(C)CCCCNc1c(N(C)C)c(=S)c1=S. The lowest BCUT2D eigenvalue weighted by molar-refractivity contribution is 0.545. The number of nitrogens with zero attached hydrogens (tertiary/aromatic N) is 1. The van der Waals surface area contributed by atoms with Crippen LogP contribution in [0.3, 0.4) is 0 Å². The van der Waals surface area contributed by atoms with Crippen LogP contribution in [0.5, 0.6) is 0 Å². The van der Waals surface area contributed by atoms with Crippen molar-refractivity contribution in [2.24, 2.45) is 5.92 Å². The van der Waals surface area contributed by atoms with Crippen LogP contribution in [-0.4, -0.2) is 20.6 Å². The van der Waals surface area contributed by atoms with Gasteiger partial charge in [-0.2, -0.15) is 0 Å². The molecule has 0 aliphatic heterocycles. The van der Waals surface area contributed by atoms with Crippen LogP contribution in [0.1, 0.15) is 33.1 Å². The Labute approximate surface area is 115 Å². The number of hydrogen-bond donors (Lipinski definition) is 1. The first kappa shape index (κ1) is 14.6. The molecular formula is C13H22N2S2. The predicted molar refractivity (Wildman–Crippen MR) is 82.0 cm³/mol. The molecular weight excluding hydrogens is 248 g/mol. The largest absolute Gasteiger partial charge is 0.382 e.